The van der Waals surface area contributed by atoms with Gasteiger partial charge in [-0.15, -0.1) is 0 Å². The maximum atomic E-state index is 13.7. The first-order valence-corrected chi connectivity index (χ1v) is 14.5. The summed E-state index contributed by atoms with van der Waals surface area (Å²) in [6.45, 7) is 5.21. The van der Waals surface area contributed by atoms with Crippen LogP contribution in [-0.2, 0) is 6.54 Å². The van der Waals surface area contributed by atoms with Crippen LogP contribution < -0.4 is 15.4 Å². The number of amides is 3. The molecule has 41 heavy (non-hydrogen) atoms. The molecule has 2 aliphatic rings. The molecule has 3 amide bonds. The molecule has 1 heterocycles. The molecule has 222 valence electrons. The Morgan fingerprint density at radius 1 is 1.12 bits per heavy atom. The zero-order valence-corrected chi connectivity index (χ0v) is 24.1. The van der Waals surface area contributed by atoms with E-state index in [0.717, 1.165) is 31.2 Å². The van der Waals surface area contributed by atoms with Gasteiger partial charge in [0.15, 0.2) is 0 Å². The molecule has 1 aliphatic carbocycles. The molecule has 0 spiro atoms. The summed E-state index contributed by atoms with van der Waals surface area (Å²) in [4.78, 5) is 41.3. The topological polar surface area (TPSA) is 131 Å². The number of carbonyl (C=O) groups is 3. The van der Waals surface area contributed by atoms with Crippen LogP contribution in [0.2, 0.25) is 0 Å². The molecule has 3 atom stereocenters. The second-order valence-electron chi connectivity index (χ2n) is 11.5. The number of hydrogen-bond donors (Lipinski definition) is 4. The van der Waals surface area contributed by atoms with Gasteiger partial charge in [0.2, 0.25) is 0 Å². The molecule has 4 N–H and O–H groups in total. The number of anilines is 1. The van der Waals surface area contributed by atoms with Crippen molar-refractivity contribution in [2.24, 2.45) is 5.92 Å². The maximum absolute atomic E-state index is 13.7. The van der Waals surface area contributed by atoms with E-state index < -0.39 is 12.0 Å². The highest BCUT2D eigenvalue weighted by Gasteiger charge is 2.33. The predicted molar refractivity (Wildman–Crippen MR) is 156 cm³/mol. The number of carboxylic acid groups (broad SMARTS) is 1. The largest absolute Gasteiger partial charge is 0.488 e. The molecule has 10 nitrogen and oxygen atoms in total. The molecule has 1 fully saturated rings. The minimum Gasteiger partial charge on any atom is -0.488 e. The summed E-state index contributed by atoms with van der Waals surface area (Å²) < 4.78 is 6.46. The summed E-state index contributed by atoms with van der Waals surface area (Å²) in [7, 11) is 1.97. The van der Waals surface area contributed by atoms with Crippen molar-refractivity contribution in [1.82, 2.24) is 15.1 Å². The van der Waals surface area contributed by atoms with Crippen molar-refractivity contribution in [3.8, 4) is 5.75 Å². The van der Waals surface area contributed by atoms with Gasteiger partial charge in [-0.3, -0.25) is 9.69 Å². The number of benzene rings is 2. The number of ether oxygens (including phenoxy) is 1. The first kappa shape index (κ1) is 30.3. The van der Waals surface area contributed by atoms with E-state index in [9.17, 15) is 19.5 Å². The smallest absolute Gasteiger partial charge is 0.335 e. The van der Waals surface area contributed by atoms with Crippen LogP contribution in [0.5, 0.6) is 5.75 Å². The third kappa shape index (κ3) is 7.98. The van der Waals surface area contributed by atoms with Crippen LogP contribution in [0.1, 0.15) is 72.2 Å². The number of aliphatic hydroxyl groups is 1. The van der Waals surface area contributed by atoms with E-state index in [-0.39, 0.29) is 42.2 Å². The predicted octanol–water partition coefficient (Wildman–Crippen LogP) is 4.19. The highest BCUT2D eigenvalue weighted by molar-refractivity contribution is 5.99. The number of aliphatic hydroxyl groups excluding tert-OH is 1. The van der Waals surface area contributed by atoms with Gasteiger partial charge >= 0.3 is 12.0 Å². The van der Waals surface area contributed by atoms with Crippen LogP contribution in [-0.4, -0.2) is 82.9 Å². The van der Waals surface area contributed by atoms with Crippen molar-refractivity contribution in [2.75, 3.05) is 32.1 Å². The fourth-order valence-electron chi connectivity index (χ4n) is 5.55. The minimum absolute atomic E-state index is 0.0444. The average molecular weight is 567 g/mol. The van der Waals surface area contributed by atoms with Gasteiger partial charge in [-0.05, 0) is 62.7 Å². The van der Waals surface area contributed by atoms with Crippen molar-refractivity contribution in [3.05, 3.63) is 59.2 Å². The number of carboxylic acids is 1. The van der Waals surface area contributed by atoms with Crippen LogP contribution in [0.4, 0.5) is 10.5 Å². The number of nitrogens with one attached hydrogen (secondary N) is 2. The molecule has 0 unspecified atom stereocenters. The molecule has 0 radical (unpaired) electrons. The Kier molecular flexibility index (Phi) is 10.2. The van der Waals surface area contributed by atoms with Gasteiger partial charge in [0, 0.05) is 37.3 Å². The molecule has 10 heteroatoms. The summed E-state index contributed by atoms with van der Waals surface area (Å²) >= 11 is 0. The van der Waals surface area contributed by atoms with Gasteiger partial charge in [0.25, 0.3) is 5.91 Å². The summed E-state index contributed by atoms with van der Waals surface area (Å²) in [6, 6.07) is 11.4. The van der Waals surface area contributed by atoms with Crippen LogP contribution in [0.25, 0.3) is 0 Å². The Hall–Kier alpha value is -3.63. The SMILES string of the molecule is C[C@H](CO)N1C[C@H](C)[C@@H](CN(C)Cc2ccc(C(=O)O)cc2)Oc2ccc(NC(=O)NC3CCCCC3)cc2C1=O. The van der Waals surface area contributed by atoms with Crippen LogP contribution in [0, 0.1) is 5.92 Å². The Morgan fingerprint density at radius 2 is 1.83 bits per heavy atom. The summed E-state index contributed by atoms with van der Waals surface area (Å²) in [5.74, 6) is -0.828. The fraction of sp³-hybridized carbons (Fsp3) is 0.516. The molecule has 0 aromatic heterocycles. The van der Waals surface area contributed by atoms with E-state index >= 15 is 0 Å². The quantitative estimate of drug-likeness (QED) is 0.358. The fourth-order valence-corrected chi connectivity index (χ4v) is 5.55. The molecule has 0 bridgehead atoms. The zero-order valence-electron chi connectivity index (χ0n) is 24.1. The third-order valence-corrected chi connectivity index (χ3v) is 8.01. The van der Waals surface area contributed by atoms with Crippen molar-refractivity contribution >= 4 is 23.6 Å². The van der Waals surface area contributed by atoms with Crippen LogP contribution >= 0.6 is 0 Å². The van der Waals surface area contributed by atoms with Crippen LogP contribution in [0.15, 0.2) is 42.5 Å². The lowest BCUT2D eigenvalue weighted by Crippen LogP contribution is -2.49. The summed E-state index contributed by atoms with van der Waals surface area (Å²) in [5.41, 5.74) is 2.06. The molecule has 2 aromatic rings. The van der Waals surface area contributed by atoms with Gasteiger partial charge in [0.1, 0.15) is 11.9 Å². The van der Waals surface area contributed by atoms with E-state index in [1.165, 1.54) is 6.42 Å². The second kappa shape index (κ2) is 13.8. The first-order chi connectivity index (χ1) is 19.6. The maximum Gasteiger partial charge on any atom is 0.335 e. The van der Waals surface area contributed by atoms with Crippen molar-refractivity contribution in [3.63, 3.8) is 0 Å². The first-order valence-electron chi connectivity index (χ1n) is 14.5. The lowest BCUT2D eigenvalue weighted by molar-refractivity contribution is 0.0341. The van der Waals surface area contributed by atoms with E-state index in [4.69, 9.17) is 9.84 Å². The number of rotatable bonds is 9. The molecule has 1 aliphatic heterocycles. The summed E-state index contributed by atoms with van der Waals surface area (Å²) in [5, 5.41) is 25.0. The number of hydrogen-bond acceptors (Lipinski definition) is 6. The number of nitrogens with zero attached hydrogens (tertiary/aromatic N) is 2. The number of aromatic carboxylic acids is 1. The van der Waals surface area contributed by atoms with E-state index in [0.29, 0.717) is 36.6 Å². The number of likely N-dealkylation sites (N-methyl/N-ethyl adjacent to an activating group) is 1. The Balaban J connectivity index is 1.51. The minimum atomic E-state index is -0.959. The van der Waals surface area contributed by atoms with Crippen LogP contribution in [0.3, 0.4) is 0 Å². The highest BCUT2D eigenvalue weighted by Crippen LogP contribution is 2.31. The normalized spacial score (nSPS) is 20.4. The molecular formula is C31H42N4O6. The van der Waals surface area contributed by atoms with E-state index in [1.54, 1.807) is 47.4 Å². The van der Waals surface area contributed by atoms with Crippen molar-refractivity contribution < 1.29 is 29.3 Å². The molecule has 0 saturated heterocycles. The molecule has 2 aromatic carbocycles. The Bertz CT molecular complexity index is 1210. The lowest BCUT2D eigenvalue weighted by atomic mass is 9.96. The van der Waals surface area contributed by atoms with E-state index in [1.807, 2.05) is 20.9 Å². The molecule has 1 saturated carbocycles. The monoisotopic (exact) mass is 566 g/mol. The Labute approximate surface area is 241 Å². The van der Waals surface area contributed by atoms with Gasteiger partial charge in [-0.2, -0.15) is 0 Å². The highest BCUT2D eigenvalue weighted by atomic mass is 16.5. The molecular weight excluding hydrogens is 524 g/mol. The lowest BCUT2D eigenvalue weighted by Gasteiger charge is -2.38. The van der Waals surface area contributed by atoms with Gasteiger partial charge < -0.3 is 30.5 Å². The van der Waals surface area contributed by atoms with Crippen molar-refractivity contribution in [1.29, 1.82) is 0 Å². The van der Waals surface area contributed by atoms with Gasteiger partial charge in [0.05, 0.1) is 23.8 Å². The Morgan fingerprint density at radius 3 is 2.49 bits per heavy atom. The average Bonchev–Trinajstić information content (AvgIpc) is 2.95. The number of urea groups is 1. The third-order valence-electron chi connectivity index (χ3n) is 8.01. The number of carbonyl (C=O) groups excluding carboxylic acids is 2. The standard InChI is InChI=1S/C31H42N4O6/c1-20-16-35(21(2)19-36)29(37)26-15-25(33-31(40)32-24-7-5-4-6-8-24)13-14-27(26)41-28(20)18-34(3)17-22-9-11-23(12-10-22)30(38)39/h9-15,20-21,24,28,36H,4-8,16-19H2,1-3H3,(H,38,39)(H2,32,33,40)/t20-,21+,28+/m0/s1. The van der Waals surface area contributed by atoms with Crippen molar-refractivity contribution in [2.45, 2.75) is 70.7 Å². The number of fused-ring (bicyclic) bond motifs is 1. The molecule has 4 rings (SSSR count). The second-order valence-corrected chi connectivity index (χ2v) is 11.5. The van der Waals surface area contributed by atoms with E-state index in [2.05, 4.69) is 15.5 Å². The summed E-state index contributed by atoms with van der Waals surface area (Å²) in [6.07, 6.45) is 5.09. The zero-order chi connectivity index (χ0) is 29.5. The van der Waals surface area contributed by atoms with Gasteiger partial charge in [-0.1, -0.05) is 38.3 Å². The van der Waals surface area contributed by atoms with Gasteiger partial charge in [-0.25, -0.2) is 9.59 Å².